The molecule has 1 heterocycles. The van der Waals surface area contributed by atoms with Crippen LogP contribution in [-0.2, 0) is 4.79 Å². The number of piperazine rings is 1. The molecule has 8 heteroatoms. The Hall–Kier alpha value is -0.860. The van der Waals surface area contributed by atoms with Gasteiger partial charge in [0.25, 0.3) is 0 Å². The third kappa shape index (κ3) is 3.80. The number of halogens is 3. The summed E-state index contributed by atoms with van der Waals surface area (Å²) in [6.07, 6.45) is -4.76. The van der Waals surface area contributed by atoms with E-state index in [4.69, 9.17) is 5.73 Å². The molecule has 0 aromatic carbocycles. The molecule has 2 atom stereocenters. The van der Waals surface area contributed by atoms with Crippen LogP contribution in [0.4, 0.5) is 13.2 Å². The van der Waals surface area contributed by atoms with Gasteiger partial charge in [-0.2, -0.15) is 13.2 Å². The molecular formula is C11H21F3N4O. The maximum atomic E-state index is 12.6. The maximum absolute atomic E-state index is 12.6. The standard InChI is InChI=1S/C11H21F3N4O/c1-10(15,11(12,13)14)9(19)16-6-8-7-17(2)4-5-18(8)3/h8H,4-7,15H2,1-3H3,(H,16,19). The number of hydrogen-bond acceptors (Lipinski definition) is 4. The molecule has 1 saturated heterocycles. The van der Waals surface area contributed by atoms with E-state index in [0.717, 1.165) is 13.1 Å². The third-order valence-electron chi connectivity index (χ3n) is 3.54. The molecule has 0 aliphatic carbocycles. The number of carbonyl (C=O) groups is 1. The molecule has 2 unspecified atom stereocenters. The van der Waals surface area contributed by atoms with Gasteiger partial charge in [-0.05, 0) is 21.0 Å². The Morgan fingerprint density at radius 1 is 1.37 bits per heavy atom. The van der Waals surface area contributed by atoms with E-state index >= 15 is 0 Å². The monoisotopic (exact) mass is 282 g/mol. The van der Waals surface area contributed by atoms with Gasteiger partial charge in [-0.15, -0.1) is 0 Å². The maximum Gasteiger partial charge on any atom is 0.415 e. The lowest BCUT2D eigenvalue weighted by Crippen LogP contribution is -2.63. The van der Waals surface area contributed by atoms with Crippen LogP contribution < -0.4 is 11.1 Å². The number of amides is 1. The molecule has 0 saturated carbocycles. The summed E-state index contributed by atoms with van der Waals surface area (Å²) < 4.78 is 37.8. The zero-order valence-electron chi connectivity index (χ0n) is 11.4. The predicted molar refractivity (Wildman–Crippen MR) is 65.6 cm³/mol. The largest absolute Gasteiger partial charge is 0.415 e. The fourth-order valence-corrected chi connectivity index (χ4v) is 1.84. The lowest BCUT2D eigenvalue weighted by Gasteiger charge is -2.38. The van der Waals surface area contributed by atoms with Crippen molar-refractivity contribution in [2.75, 3.05) is 40.3 Å². The molecule has 0 aromatic rings. The first-order valence-electron chi connectivity index (χ1n) is 6.08. The summed E-state index contributed by atoms with van der Waals surface area (Å²) in [5.74, 6) is -1.19. The first-order valence-corrected chi connectivity index (χ1v) is 6.08. The molecule has 3 N–H and O–H groups in total. The molecule has 1 fully saturated rings. The topological polar surface area (TPSA) is 61.6 Å². The molecule has 1 amide bonds. The molecule has 0 radical (unpaired) electrons. The van der Waals surface area contributed by atoms with Crippen molar-refractivity contribution in [3.63, 3.8) is 0 Å². The Bertz CT molecular complexity index is 332. The lowest BCUT2D eigenvalue weighted by molar-refractivity contribution is -0.187. The van der Waals surface area contributed by atoms with Gasteiger partial charge < -0.3 is 16.0 Å². The van der Waals surface area contributed by atoms with Crippen molar-refractivity contribution >= 4 is 5.91 Å². The van der Waals surface area contributed by atoms with Gasteiger partial charge in [-0.1, -0.05) is 0 Å². The zero-order valence-corrected chi connectivity index (χ0v) is 11.4. The van der Waals surface area contributed by atoms with E-state index in [1.807, 2.05) is 19.0 Å². The van der Waals surface area contributed by atoms with E-state index in [0.29, 0.717) is 13.5 Å². The van der Waals surface area contributed by atoms with Crippen LogP contribution in [0.15, 0.2) is 0 Å². The molecule has 5 nitrogen and oxygen atoms in total. The normalized spacial score (nSPS) is 25.9. The van der Waals surface area contributed by atoms with Gasteiger partial charge in [0.15, 0.2) is 5.54 Å². The quantitative estimate of drug-likeness (QED) is 0.741. The van der Waals surface area contributed by atoms with E-state index in [1.165, 1.54) is 0 Å². The summed E-state index contributed by atoms with van der Waals surface area (Å²) in [6, 6.07) is -0.00765. The molecule has 19 heavy (non-hydrogen) atoms. The zero-order chi connectivity index (χ0) is 14.8. The van der Waals surface area contributed by atoms with E-state index in [9.17, 15) is 18.0 Å². The number of carbonyl (C=O) groups excluding carboxylic acids is 1. The molecule has 0 spiro atoms. The number of alkyl halides is 3. The Balaban J connectivity index is 2.54. The van der Waals surface area contributed by atoms with Crippen LogP contribution in [0.1, 0.15) is 6.92 Å². The smallest absolute Gasteiger partial charge is 0.353 e. The second kappa shape index (κ2) is 5.64. The highest BCUT2D eigenvalue weighted by atomic mass is 19.4. The van der Waals surface area contributed by atoms with Crippen LogP contribution in [0.2, 0.25) is 0 Å². The van der Waals surface area contributed by atoms with Gasteiger partial charge in [0, 0.05) is 32.2 Å². The molecule has 0 aromatic heterocycles. The van der Waals surface area contributed by atoms with Crippen molar-refractivity contribution < 1.29 is 18.0 Å². The summed E-state index contributed by atoms with van der Waals surface area (Å²) in [7, 11) is 3.82. The van der Waals surface area contributed by atoms with Crippen molar-refractivity contribution in [1.82, 2.24) is 15.1 Å². The Labute approximate surface area is 110 Å². The second-order valence-corrected chi connectivity index (χ2v) is 5.31. The molecule has 1 rings (SSSR count). The lowest BCUT2D eigenvalue weighted by atomic mass is 10.0. The number of nitrogens with zero attached hydrogens (tertiary/aromatic N) is 2. The summed E-state index contributed by atoms with van der Waals surface area (Å²) in [6.45, 7) is 3.25. The van der Waals surface area contributed by atoms with Crippen molar-refractivity contribution in [3.05, 3.63) is 0 Å². The highest BCUT2D eigenvalue weighted by molar-refractivity contribution is 5.86. The summed E-state index contributed by atoms with van der Waals surface area (Å²) >= 11 is 0. The molecule has 1 aliphatic heterocycles. The number of nitrogens with two attached hydrogens (primary N) is 1. The van der Waals surface area contributed by atoms with Crippen molar-refractivity contribution in [1.29, 1.82) is 0 Å². The van der Waals surface area contributed by atoms with Gasteiger partial charge in [0.1, 0.15) is 0 Å². The fraction of sp³-hybridized carbons (Fsp3) is 0.909. The molecule has 1 aliphatic rings. The average molecular weight is 282 g/mol. The number of hydrogen-bond donors (Lipinski definition) is 2. The summed E-state index contributed by atoms with van der Waals surface area (Å²) in [4.78, 5) is 15.6. The third-order valence-corrected chi connectivity index (χ3v) is 3.54. The van der Waals surface area contributed by atoms with Crippen LogP contribution in [0.3, 0.4) is 0 Å². The van der Waals surface area contributed by atoms with Gasteiger partial charge in [0.2, 0.25) is 5.91 Å². The van der Waals surface area contributed by atoms with Crippen LogP contribution >= 0.6 is 0 Å². The Morgan fingerprint density at radius 2 is 1.95 bits per heavy atom. The van der Waals surface area contributed by atoms with Gasteiger partial charge in [0.05, 0.1) is 0 Å². The second-order valence-electron chi connectivity index (χ2n) is 5.31. The molecular weight excluding hydrogens is 261 g/mol. The Kier molecular flexibility index (Phi) is 4.81. The first-order chi connectivity index (χ1) is 8.55. The first kappa shape index (κ1) is 16.2. The number of rotatable bonds is 3. The number of nitrogens with one attached hydrogen (secondary N) is 1. The van der Waals surface area contributed by atoms with Gasteiger partial charge in [-0.25, -0.2) is 0 Å². The van der Waals surface area contributed by atoms with Crippen LogP contribution in [0.5, 0.6) is 0 Å². The minimum Gasteiger partial charge on any atom is -0.353 e. The minimum atomic E-state index is -4.76. The highest BCUT2D eigenvalue weighted by Crippen LogP contribution is 2.27. The predicted octanol–water partition coefficient (Wildman–Crippen LogP) is -0.372. The number of likely N-dealkylation sites (N-methyl/N-ethyl adjacent to an activating group) is 2. The van der Waals surface area contributed by atoms with E-state index in [-0.39, 0.29) is 12.6 Å². The van der Waals surface area contributed by atoms with Crippen molar-refractivity contribution in [2.24, 2.45) is 5.73 Å². The summed E-state index contributed by atoms with van der Waals surface area (Å²) in [5, 5.41) is 2.30. The van der Waals surface area contributed by atoms with Gasteiger partial charge in [-0.3, -0.25) is 9.69 Å². The van der Waals surface area contributed by atoms with E-state index < -0.39 is 17.6 Å². The average Bonchev–Trinajstić information content (AvgIpc) is 2.28. The van der Waals surface area contributed by atoms with Crippen LogP contribution in [-0.4, -0.2) is 73.7 Å². The molecule has 0 bridgehead atoms. The van der Waals surface area contributed by atoms with Gasteiger partial charge >= 0.3 is 6.18 Å². The fourth-order valence-electron chi connectivity index (χ4n) is 1.84. The SMILES string of the molecule is CN1CCN(C)C(CNC(=O)C(C)(N)C(F)(F)F)C1. The Morgan fingerprint density at radius 3 is 2.47 bits per heavy atom. The summed E-state index contributed by atoms with van der Waals surface area (Å²) in [5.41, 5.74) is 2.20. The van der Waals surface area contributed by atoms with E-state index in [1.54, 1.807) is 0 Å². The molecule has 112 valence electrons. The van der Waals surface area contributed by atoms with E-state index in [2.05, 4.69) is 10.2 Å². The minimum absolute atomic E-state index is 0.00765. The van der Waals surface area contributed by atoms with Crippen molar-refractivity contribution in [2.45, 2.75) is 24.7 Å². The van der Waals surface area contributed by atoms with Crippen molar-refractivity contribution in [3.8, 4) is 0 Å². The van der Waals surface area contributed by atoms with Crippen LogP contribution in [0.25, 0.3) is 0 Å². The highest BCUT2D eigenvalue weighted by Gasteiger charge is 2.53. The van der Waals surface area contributed by atoms with Crippen LogP contribution in [0, 0.1) is 0 Å².